The Morgan fingerprint density at radius 3 is 2.08 bits per heavy atom. The molecule has 7 nitrogen and oxygen atoms in total. The molecule has 0 saturated heterocycles. The number of carbonyl (C=O) groups is 3. The van der Waals surface area contributed by atoms with Gasteiger partial charge in [0, 0.05) is 24.0 Å². The molecule has 2 rings (SSSR count). The van der Waals surface area contributed by atoms with Crippen LogP contribution in [0, 0.1) is 0 Å². The third-order valence-corrected chi connectivity index (χ3v) is 3.81. The molecule has 0 aliphatic carbocycles. The van der Waals surface area contributed by atoms with Gasteiger partial charge in [0.2, 0.25) is 17.7 Å². The van der Waals surface area contributed by atoms with E-state index < -0.39 is 11.9 Å². The van der Waals surface area contributed by atoms with Crippen LogP contribution in [0.25, 0.3) is 0 Å². The Morgan fingerprint density at radius 2 is 1.54 bits per heavy atom. The van der Waals surface area contributed by atoms with Crippen LogP contribution in [0.4, 0.5) is 11.4 Å². The number of amides is 3. The molecule has 136 valence electrons. The second-order valence-electron chi connectivity index (χ2n) is 5.84. The smallest absolute Gasteiger partial charge is 0.248 e. The Hall–Kier alpha value is -3.35. The van der Waals surface area contributed by atoms with Crippen LogP contribution in [0.1, 0.15) is 22.8 Å². The van der Waals surface area contributed by atoms with Crippen LogP contribution in [0.3, 0.4) is 0 Å². The summed E-state index contributed by atoms with van der Waals surface area (Å²) < 4.78 is 0. The van der Waals surface area contributed by atoms with Crippen LogP contribution in [-0.4, -0.2) is 30.8 Å². The van der Waals surface area contributed by atoms with Crippen molar-refractivity contribution in [1.82, 2.24) is 5.32 Å². The number of rotatable bonds is 7. The van der Waals surface area contributed by atoms with Gasteiger partial charge in [-0.15, -0.1) is 0 Å². The molecule has 0 aliphatic rings. The quantitative estimate of drug-likeness (QED) is 0.603. The van der Waals surface area contributed by atoms with E-state index in [4.69, 9.17) is 5.73 Å². The average Bonchev–Trinajstić information content (AvgIpc) is 2.63. The predicted octanol–water partition coefficient (Wildman–Crippen LogP) is 1.51. The molecule has 26 heavy (non-hydrogen) atoms. The topological polar surface area (TPSA) is 113 Å². The van der Waals surface area contributed by atoms with Gasteiger partial charge in [0.1, 0.15) is 6.04 Å². The number of nitrogens with two attached hydrogens (primary N) is 1. The summed E-state index contributed by atoms with van der Waals surface area (Å²) in [4.78, 5) is 34.7. The Balaban J connectivity index is 1.91. The number of benzene rings is 2. The van der Waals surface area contributed by atoms with Crippen molar-refractivity contribution in [1.29, 1.82) is 0 Å². The lowest BCUT2D eigenvalue weighted by molar-refractivity contribution is -0.120. The number of hydrogen-bond donors (Lipinski definition) is 4. The molecule has 1 unspecified atom stereocenters. The summed E-state index contributed by atoms with van der Waals surface area (Å²) in [6.07, 6.45) is 0.314. The first kappa shape index (κ1) is 19.0. The normalized spacial score (nSPS) is 11.3. The SMILES string of the molecule is CNC(=O)Cc1ccc(NC(C)C(=O)Nc2ccc(C(N)=O)cc2)cc1. The van der Waals surface area contributed by atoms with Gasteiger partial charge in [0.15, 0.2) is 0 Å². The van der Waals surface area contributed by atoms with Gasteiger partial charge in [-0.1, -0.05) is 12.1 Å². The number of carbonyl (C=O) groups excluding carboxylic acids is 3. The van der Waals surface area contributed by atoms with Crippen LogP contribution in [0.2, 0.25) is 0 Å². The highest BCUT2D eigenvalue weighted by atomic mass is 16.2. The maximum atomic E-state index is 12.3. The molecule has 1 atom stereocenters. The lowest BCUT2D eigenvalue weighted by Crippen LogP contribution is -2.31. The van der Waals surface area contributed by atoms with Crippen molar-refractivity contribution in [2.45, 2.75) is 19.4 Å². The highest BCUT2D eigenvalue weighted by Crippen LogP contribution is 2.13. The van der Waals surface area contributed by atoms with Crippen molar-refractivity contribution in [3.05, 3.63) is 59.7 Å². The Labute approximate surface area is 152 Å². The van der Waals surface area contributed by atoms with E-state index in [0.29, 0.717) is 17.7 Å². The summed E-state index contributed by atoms with van der Waals surface area (Å²) in [5.74, 6) is -0.787. The van der Waals surface area contributed by atoms with Gasteiger partial charge in [-0.25, -0.2) is 0 Å². The van der Waals surface area contributed by atoms with E-state index in [0.717, 1.165) is 11.3 Å². The fourth-order valence-electron chi connectivity index (χ4n) is 2.28. The molecule has 0 bridgehead atoms. The molecule has 7 heteroatoms. The van der Waals surface area contributed by atoms with Crippen LogP contribution in [0.5, 0.6) is 0 Å². The Kier molecular flexibility index (Phi) is 6.32. The molecule has 2 aromatic rings. The second-order valence-corrected chi connectivity index (χ2v) is 5.84. The number of hydrogen-bond acceptors (Lipinski definition) is 4. The molecule has 0 spiro atoms. The first-order valence-corrected chi connectivity index (χ1v) is 8.16. The lowest BCUT2D eigenvalue weighted by atomic mass is 10.1. The van der Waals surface area contributed by atoms with E-state index in [9.17, 15) is 14.4 Å². The maximum absolute atomic E-state index is 12.3. The molecule has 5 N–H and O–H groups in total. The predicted molar refractivity (Wildman–Crippen MR) is 101 cm³/mol. The minimum Gasteiger partial charge on any atom is -0.374 e. The molecule has 0 aliphatic heterocycles. The molecule has 0 fully saturated rings. The van der Waals surface area contributed by atoms with E-state index in [1.807, 2.05) is 24.3 Å². The first-order valence-electron chi connectivity index (χ1n) is 8.16. The molecule has 0 saturated carbocycles. The van der Waals surface area contributed by atoms with E-state index in [-0.39, 0.29) is 11.8 Å². The largest absolute Gasteiger partial charge is 0.374 e. The summed E-state index contributed by atoms with van der Waals surface area (Å²) in [5, 5.41) is 8.44. The average molecular weight is 354 g/mol. The highest BCUT2D eigenvalue weighted by molar-refractivity contribution is 5.97. The number of primary amides is 1. The Morgan fingerprint density at radius 1 is 0.962 bits per heavy atom. The van der Waals surface area contributed by atoms with E-state index in [1.165, 1.54) is 0 Å². The fourth-order valence-corrected chi connectivity index (χ4v) is 2.28. The van der Waals surface area contributed by atoms with Crippen LogP contribution in [0.15, 0.2) is 48.5 Å². The first-order chi connectivity index (χ1) is 12.4. The van der Waals surface area contributed by atoms with Gasteiger partial charge in [-0.05, 0) is 48.9 Å². The van der Waals surface area contributed by atoms with E-state index in [2.05, 4.69) is 16.0 Å². The third-order valence-electron chi connectivity index (χ3n) is 3.81. The summed E-state index contributed by atoms with van der Waals surface area (Å²) >= 11 is 0. The standard InChI is InChI=1S/C19H22N4O3/c1-12(19(26)23-16-9-5-14(6-10-16)18(20)25)22-15-7-3-13(4-8-15)11-17(24)21-2/h3-10,12,22H,11H2,1-2H3,(H2,20,25)(H,21,24)(H,23,26). The van der Waals surface area contributed by atoms with Gasteiger partial charge in [-0.3, -0.25) is 14.4 Å². The van der Waals surface area contributed by atoms with Gasteiger partial charge in [-0.2, -0.15) is 0 Å². The van der Waals surface area contributed by atoms with Crippen LogP contribution in [-0.2, 0) is 16.0 Å². The van der Waals surface area contributed by atoms with Crippen molar-refractivity contribution >= 4 is 29.1 Å². The van der Waals surface area contributed by atoms with Gasteiger partial charge in [0.05, 0.1) is 6.42 Å². The molecule has 0 heterocycles. The molecule has 3 amide bonds. The monoisotopic (exact) mass is 354 g/mol. The zero-order valence-corrected chi connectivity index (χ0v) is 14.7. The van der Waals surface area contributed by atoms with Crippen molar-refractivity contribution < 1.29 is 14.4 Å². The van der Waals surface area contributed by atoms with E-state index in [1.54, 1.807) is 38.2 Å². The number of anilines is 2. The zero-order chi connectivity index (χ0) is 19.1. The van der Waals surface area contributed by atoms with Crippen LogP contribution < -0.4 is 21.7 Å². The number of likely N-dealkylation sites (N-methyl/N-ethyl adjacent to an activating group) is 1. The molecular weight excluding hydrogens is 332 g/mol. The van der Waals surface area contributed by atoms with Crippen molar-refractivity contribution in [2.75, 3.05) is 17.7 Å². The van der Waals surface area contributed by atoms with E-state index >= 15 is 0 Å². The minimum atomic E-state index is -0.516. The molecule has 0 radical (unpaired) electrons. The number of nitrogens with one attached hydrogen (secondary N) is 3. The fraction of sp³-hybridized carbons (Fsp3) is 0.211. The Bertz CT molecular complexity index is 785. The summed E-state index contributed by atoms with van der Waals surface area (Å²) in [6.45, 7) is 1.74. The van der Waals surface area contributed by atoms with Crippen molar-refractivity contribution in [3.63, 3.8) is 0 Å². The summed E-state index contributed by atoms with van der Waals surface area (Å²) in [5.41, 5.74) is 7.81. The van der Waals surface area contributed by atoms with Crippen molar-refractivity contribution in [2.24, 2.45) is 5.73 Å². The highest BCUT2D eigenvalue weighted by Gasteiger charge is 2.13. The minimum absolute atomic E-state index is 0.0548. The van der Waals surface area contributed by atoms with Gasteiger partial charge >= 0.3 is 0 Å². The lowest BCUT2D eigenvalue weighted by Gasteiger charge is -2.15. The van der Waals surface area contributed by atoms with Gasteiger partial charge in [0.25, 0.3) is 0 Å². The maximum Gasteiger partial charge on any atom is 0.248 e. The molecule has 2 aromatic carbocycles. The summed E-state index contributed by atoms with van der Waals surface area (Å²) in [6, 6.07) is 13.2. The molecular formula is C19H22N4O3. The zero-order valence-electron chi connectivity index (χ0n) is 14.7. The van der Waals surface area contributed by atoms with Gasteiger partial charge < -0.3 is 21.7 Å². The van der Waals surface area contributed by atoms with Crippen molar-refractivity contribution in [3.8, 4) is 0 Å². The van der Waals surface area contributed by atoms with Crippen LogP contribution >= 0.6 is 0 Å². The molecule has 0 aromatic heterocycles. The summed E-state index contributed by atoms with van der Waals surface area (Å²) in [7, 11) is 1.60. The second kappa shape index (κ2) is 8.66. The third kappa shape index (κ3) is 5.34.